The summed E-state index contributed by atoms with van der Waals surface area (Å²) < 4.78 is 1.86. The molecule has 0 saturated heterocycles. The summed E-state index contributed by atoms with van der Waals surface area (Å²) in [6.07, 6.45) is 3.08. The number of carbonyl (C=O) groups is 1. The highest BCUT2D eigenvalue weighted by Gasteiger charge is 2.36. The highest BCUT2D eigenvalue weighted by molar-refractivity contribution is 5.96. The van der Waals surface area contributed by atoms with Crippen molar-refractivity contribution < 1.29 is 4.79 Å². The Balaban J connectivity index is 2.12. The zero-order valence-electron chi connectivity index (χ0n) is 15.9. The molecule has 26 heavy (non-hydrogen) atoms. The molecule has 1 heterocycles. The van der Waals surface area contributed by atoms with Gasteiger partial charge in [0.15, 0.2) is 0 Å². The van der Waals surface area contributed by atoms with Crippen molar-refractivity contribution in [2.75, 3.05) is 0 Å². The molecule has 0 unspecified atom stereocenters. The summed E-state index contributed by atoms with van der Waals surface area (Å²) in [6.45, 7) is 8.18. The van der Waals surface area contributed by atoms with Gasteiger partial charge in [-0.15, -0.1) is 0 Å². The van der Waals surface area contributed by atoms with Crippen LogP contribution in [0.1, 0.15) is 80.5 Å². The maximum absolute atomic E-state index is 13.0. The normalized spacial score (nSPS) is 14.9. The zero-order valence-corrected chi connectivity index (χ0v) is 15.9. The summed E-state index contributed by atoms with van der Waals surface area (Å²) in [6, 6.07) is 9.83. The lowest BCUT2D eigenvalue weighted by atomic mass is 10.0. The molecule has 1 aromatic heterocycles. The van der Waals surface area contributed by atoms with E-state index >= 15 is 0 Å². The molecular formula is C21H26N4O. The molecule has 1 saturated carbocycles. The fraction of sp³-hybridized carbons (Fsp3) is 0.476. The van der Waals surface area contributed by atoms with Gasteiger partial charge in [-0.25, -0.2) is 0 Å². The highest BCUT2D eigenvalue weighted by Crippen LogP contribution is 2.46. The maximum Gasteiger partial charge on any atom is 0.270 e. The van der Waals surface area contributed by atoms with Gasteiger partial charge in [-0.05, 0) is 58.1 Å². The van der Waals surface area contributed by atoms with Crippen LogP contribution in [0.25, 0.3) is 11.3 Å². The molecule has 5 nitrogen and oxygen atoms in total. The van der Waals surface area contributed by atoms with Crippen LogP contribution in [-0.4, -0.2) is 21.7 Å². The minimum atomic E-state index is -0.0395. The fourth-order valence-electron chi connectivity index (χ4n) is 3.12. The van der Waals surface area contributed by atoms with E-state index in [0.29, 0.717) is 17.2 Å². The number of benzene rings is 1. The Bertz CT molecular complexity index is 838. The van der Waals surface area contributed by atoms with Gasteiger partial charge >= 0.3 is 0 Å². The smallest absolute Gasteiger partial charge is 0.270 e. The van der Waals surface area contributed by atoms with E-state index < -0.39 is 0 Å². The van der Waals surface area contributed by atoms with Crippen molar-refractivity contribution in [1.82, 2.24) is 15.1 Å². The van der Waals surface area contributed by atoms with Crippen LogP contribution >= 0.6 is 0 Å². The number of amides is 1. The van der Waals surface area contributed by atoms with E-state index in [1.54, 1.807) is 12.1 Å². The molecule has 1 aliphatic rings. The Labute approximate surface area is 155 Å². The van der Waals surface area contributed by atoms with Crippen LogP contribution in [0.15, 0.2) is 24.3 Å². The molecule has 1 amide bonds. The van der Waals surface area contributed by atoms with E-state index in [4.69, 9.17) is 10.4 Å². The Morgan fingerprint density at radius 1 is 1.31 bits per heavy atom. The van der Waals surface area contributed by atoms with Gasteiger partial charge in [0, 0.05) is 23.2 Å². The monoisotopic (exact) mass is 350 g/mol. The van der Waals surface area contributed by atoms with Crippen LogP contribution < -0.4 is 5.32 Å². The van der Waals surface area contributed by atoms with Gasteiger partial charge in [-0.2, -0.15) is 10.4 Å². The molecule has 2 aromatic rings. The van der Waals surface area contributed by atoms with E-state index in [1.807, 2.05) is 37.6 Å². The molecule has 1 N–H and O–H groups in total. The first-order valence-corrected chi connectivity index (χ1v) is 9.40. The summed E-state index contributed by atoms with van der Waals surface area (Å²) in [5.41, 5.74) is 4.22. The highest BCUT2D eigenvalue weighted by atomic mass is 16.2. The van der Waals surface area contributed by atoms with Gasteiger partial charge in [0.05, 0.1) is 17.3 Å². The van der Waals surface area contributed by atoms with Gasteiger partial charge in [0.25, 0.3) is 5.91 Å². The van der Waals surface area contributed by atoms with E-state index in [0.717, 1.165) is 36.1 Å². The number of nitrogens with one attached hydrogen (secondary N) is 1. The van der Waals surface area contributed by atoms with Crippen LogP contribution in [-0.2, 0) is 0 Å². The van der Waals surface area contributed by atoms with Gasteiger partial charge in [-0.1, -0.05) is 19.1 Å². The molecule has 0 aliphatic heterocycles. The second kappa shape index (κ2) is 7.33. The van der Waals surface area contributed by atoms with Crippen molar-refractivity contribution in [3.8, 4) is 17.3 Å². The van der Waals surface area contributed by atoms with E-state index in [-0.39, 0.29) is 18.0 Å². The Morgan fingerprint density at radius 3 is 2.46 bits per heavy atom. The second-order valence-electron chi connectivity index (χ2n) is 7.40. The summed E-state index contributed by atoms with van der Waals surface area (Å²) >= 11 is 0. The van der Waals surface area contributed by atoms with Crippen LogP contribution in [0.5, 0.6) is 0 Å². The van der Waals surface area contributed by atoms with Gasteiger partial charge < -0.3 is 5.32 Å². The third-order valence-electron chi connectivity index (χ3n) is 4.91. The number of hydrogen-bond acceptors (Lipinski definition) is 3. The standard InChI is InChI=1S/C21H26N4O/c1-5-14(4)23-21(26)20-18(16-10-11-16)19(24-25(20)13(2)3)17-8-6-15(12-22)7-9-17/h6-9,13-14,16H,5,10-11H2,1-4H3,(H,23,26)/t14-/m0/s1. The lowest BCUT2D eigenvalue weighted by molar-refractivity contribution is 0.0925. The van der Waals surface area contributed by atoms with Crippen LogP contribution in [0.4, 0.5) is 0 Å². The second-order valence-corrected chi connectivity index (χ2v) is 7.40. The van der Waals surface area contributed by atoms with Crippen molar-refractivity contribution in [3.05, 3.63) is 41.1 Å². The third-order valence-corrected chi connectivity index (χ3v) is 4.91. The number of carbonyl (C=O) groups excluding carboxylic acids is 1. The molecule has 1 atom stereocenters. The van der Waals surface area contributed by atoms with E-state index in [1.165, 1.54) is 0 Å². The molecule has 0 spiro atoms. The first-order valence-electron chi connectivity index (χ1n) is 9.40. The van der Waals surface area contributed by atoms with E-state index in [2.05, 4.69) is 18.3 Å². The number of aromatic nitrogens is 2. The Kier molecular flexibility index (Phi) is 5.13. The average molecular weight is 350 g/mol. The Morgan fingerprint density at radius 2 is 1.96 bits per heavy atom. The maximum atomic E-state index is 13.0. The molecule has 3 rings (SSSR count). The molecular weight excluding hydrogens is 324 g/mol. The summed E-state index contributed by atoms with van der Waals surface area (Å²) in [7, 11) is 0. The minimum Gasteiger partial charge on any atom is -0.348 e. The predicted molar refractivity (Wildman–Crippen MR) is 102 cm³/mol. The number of nitrogens with zero attached hydrogens (tertiary/aromatic N) is 3. The molecule has 1 fully saturated rings. The quantitative estimate of drug-likeness (QED) is 0.839. The molecule has 5 heteroatoms. The Hall–Kier alpha value is -2.61. The van der Waals surface area contributed by atoms with Crippen molar-refractivity contribution in [2.45, 2.75) is 65.0 Å². The molecule has 136 valence electrons. The van der Waals surface area contributed by atoms with Gasteiger partial charge in [-0.3, -0.25) is 9.48 Å². The first kappa shape index (κ1) is 18.2. The van der Waals surface area contributed by atoms with Gasteiger partial charge in [0.1, 0.15) is 5.69 Å². The number of nitriles is 1. The van der Waals surface area contributed by atoms with Crippen molar-refractivity contribution in [2.24, 2.45) is 0 Å². The first-order chi connectivity index (χ1) is 12.5. The summed E-state index contributed by atoms with van der Waals surface area (Å²) in [4.78, 5) is 13.0. The van der Waals surface area contributed by atoms with Crippen molar-refractivity contribution >= 4 is 5.91 Å². The molecule has 1 aliphatic carbocycles. The van der Waals surface area contributed by atoms with Gasteiger partial charge in [0.2, 0.25) is 0 Å². The third kappa shape index (κ3) is 3.50. The van der Waals surface area contributed by atoms with Crippen molar-refractivity contribution in [1.29, 1.82) is 5.26 Å². The lowest BCUT2D eigenvalue weighted by Gasteiger charge is -2.15. The molecule has 0 bridgehead atoms. The van der Waals surface area contributed by atoms with Crippen LogP contribution in [0, 0.1) is 11.3 Å². The lowest BCUT2D eigenvalue weighted by Crippen LogP contribution is -2.34. The SMILES string of the molecule is CC[C@H](C)NC(=O)c1c(C2CC2)c(-c2ccc(C#N)cc2)nn1C(C)C. The summed E-state index contributed by atoms with van der Waals surface area (Å²) in [5, 5.41) is 17.0. The average Bonchev–Trinajstić information content (AvgIpc) is 3.40. The topological polar surface area (TPSA) is 70.7 Å². The van der Waals surface area contributed by atoms with Crippen LogP contribution in [0.2, 0.25) is 0 Å². The van der Waals surface area contributed by atoms with Crippen LogP contribution in [0.3, 0.4) is 0 Å². The van der Waals surface area contributed by atoms with Crippen molar-refractivity contribution in [3.63, 3.8) is 0 Å². The fourth-order valence-corrected chi connectivity index (χ4v) is 3.12. The molecule has 1 aromatic carbocycles. The predicted octanol–water partition coefficient (Wildman–Crippen LogP) is 4.41. The number of rotatable bonds is 6. The minimum absolute atomic E-state index is 0.0395. The molecule has 0 radical (unpaired) electrons. The summed E-state index contributed by atoms with van der Waals surface area (Å²) in [5.74, 6) is 0.355. The largest absolute Gasteiger partial charge is 0.348 e. The number of hydrogen-bond donors (Lipinski definition) is 1. The zero-order chi connectivity index (χ0) is 18.8. The van der Waals surface area contributed by atoms with E-state index in [9.17, 15) is 4.79 Å².